The van der Waals surface area contributed by atoms with Crippen LogP contribution in [0, 0.1) is 0 Å². The summed E-state index contributed by atoms with van der Waals surface area (Å²) in [5.41, 5.74) is 17.6. The topological polar surface area (TPSA) is 229 Å². The molecule has 2 aliphatic rings. The molecule has 2 aromatic rings. The van der Waals surface area contributed by atoms with Gasteiger partial charge in [0.25, 0.3) is 11.8 Å². The van der Waals surface area contributed by atoms with Crippen molar-refractivity contribution in [2.75, 3.05) is 35.3 Å². The number of nitrogens with two attached hydrogens (primary N) is 3. The summed E-state index contributed by atoms with van der Waals surface area (Å²) in [6.07, 6.45) is 0. The fourth-order valence-corrected chi connectivity index (χ4v) is 6.84. The molecule has 0 unspecified atom stereocenters. The molecule has 2 atom stereocenters. The molecule has 1 saturated heterocycles. The molecule has 38 heavy (non-hydrogen) atoms. The molecule has 202 valence electrons. The Hall–Kier alpha value is -3.64. The maximum atomic E-state index is 13.1. The quantitative estimate of drug-likeness (QED) is 0.0582. The van der Waals surface area contributed by atoms with Crippen LogP contribution in [0.4, 0.5) is 16.9 Å². The Morgan fingerprint density at radius 2 is 2.11 bits per heavy atom. The number of amides is 2. The fourth-order valence-electron chi connectivity index (χ4n) is 3.79. The number of rotatable bonds is 10. The van der Waals surface area contributed by atoms with Crippen LogP contribution in [0.5, 0.6) is 0 Å². The van der Waals surface area contributed by atoms with Gasteiger partial charge < -0.3 is 26.7 Å². The predicted molar refractivity (Wildman–Crippen MR) is 142 cm³/mol. The molecule has 4 rings (SSSR count). The number of thioether (sulfide) groups is 2. The van der Waals surface area contributed by atoms with E-state index in [0.717, 1.165) is 16.6 Å². The molecule has 15 nitrogen and oxygen atoms in total. The van der Waals surface area contributed by atoms with Gasteiger partial charge in [-0.2, -0.15) is 9.36 Å². The van der Waals surface area contributed by atoms with E-state index in [-0.39, 0.29) is 46.5 Å². The normalized spacial score (nSPS) is 19.2. The monoisotopic (exact) mass is 581 g/mol. The van der Waals surface area contributed by atoms with E-state index >= 15 is 0 Å². The average Bonchev–Trinajstić information content (AvgIpc) is 3.30. The minimum atomic E-state index is -1.23. The molecule has 0 saturated carbocycles. The van der Waals surface area contributed by atoms with Crippen LogP contribution in [0.25, 0.3) is 0 Å². The summed E-state index contributed by atoms with van der Waals surface area (Å²) < 4.78 is 5.74. The first-order valence-corrected chi connectivity index (χ1v) is 14.1. The van der Waals surface area contributed by atoms with E-state index in [1.165, 1.54) is 28.4 Å². The van der Waals surface area contributed by atoms with E-state index in [9.17, 15) is 19.5 Å². The third-order valence-electron chi connectivity index (χ3n) is 5.46. The van der Waals surface area contributed by atoms with Crippen LogP contribution < -0.4 is 27.1 Å². The number of β-lactam (4-membered cyclic amide) rings is 1. The van der Waals surface area contributed by atoms with Crippen LogP contribution in [0.3, 0.4) is 0 Å². The molecule has 2 aliphatic heterocycles. The second kappa shape index (κ2) is 11.4. The lowest BCUT2D eigenvalue weighted by Gasteiger charge is -2.49. The van der Waals surface area contributed by atoms with E-state index in [1.807, 2.05) is 6.92 Å². The highest BCUT2D eigenvalue weighted by Crippen LogP contribution is 2.41. The molecular weight excluding hydrogens is 556 g/mol. The lowest BCUT2D eigenvalue weighted by Crippen LogP contribution is -2.71. The van der Waals surface area contributed by atoms with Crippen molar-refractivity contribution < 1.29 is 28.9 Å². The van der Waals surface area contributed by atoms with E-state index in [2.05, 4.69) is 24.8 Å². The molecule has 0 spiro atoms. The summed E-state index contributed by atoms with van der Waals surface area (Å²) in [6, 6.07) is 0.692. The number of carbonyl (C=O) groups is 3. The van der Waals surface area contributed by atoms with Gasteiger partial charge in [0.2, 0.25) is 17.4 Å². The number of carbonyl (C=O) groups excluding carboxylic acids is 2. The van der Waals surface area contributed by atoms with Gasteiger partial charge >= 0.3 is 11.9 Å². The summed E-state index contributed by atoms with van der Waals surface area (Å²) in [4.78, 5) is 52.4. The Labute approximate surface area is 229 Å². The Morgan fingerprint density at radius 3 is 2.74 bits per heavy atom. The van der Waals surface area contributed by atoms with E-state index < -0.39 is 29.2 Å². The lowest BCUT2D eigenvalue weighted by atomic mass is 10.0. The second-order valence-corrected chi connectivity index (χ2v) is 10.7. The highest BCUT2D eigenvalue weighted by molar-refractivity contribution is 8.01. The second-order valence-electron chi connectivity index (χ2n) is 7.84. The number of hydrogen-bond acceptors (Lipinski definition) is 14. The standard InChI is InChI=1S/C20H24N10O5S3/c1-3-29-10(5-9(21)24-19(29)22)36-6-8-7-37-17-12(16(32)30(17)13(8)18(33)34)25-15(31)11(27-35-4-2)14-26-20(23)38-28-14/h5,12,17H,3-4,6-7H2,1-2H3,(H7,21,22,23,24,25,26,28,31,33,34)/p+1/b27-11-/t12-,17-/m1/s1. The molecule has 2 amide bonds. The first-order chi connectivity index (χ1) is 18.2. The maximum Gasteiger partial charge on any atom is 0.392 e. The number of nitrogens with one attached hydrogen (secondary N) is 1. The van der Waals surface area contributed by atoms with Crippen molar-refractivity contribution in [3.63, 3.8) is 0 Å². The molecule has 0 bridgehead atoms. The summed E-state index contributed by atoms with van der Waals surface area (Å²) >= 11 is 3.57. The maximum absolute atomic E-state index is 13.1. The summed E-state index contributed by atoms with van der Waals surface area (Å²) in [5.74, 6) is -1.45. The number of nitrogen functional groups attached to an aromatic ring is 3. The number of aromatic nitrogens is 4. The highest BCUT2D eigenvalue weighted by Gasteiger charge is 2.54. The Bertz CT molecular complexity index is 1350. The van der Waals surface area contributed by atoms with Gasteiger partial charge in [-0.15, -0.1) is 11.8 Å². The van der Waals surface area contributed by atoms with Gasteiger partial charge in [-0.1, -0.05) is 21.9 Å². The van der Waals surface area contributed by atoms with Crippen LogP contribution in [0.1, 0.15) is 19.7 Å². The number of nitrogens with zero attached hydrogens (tertiary/aromatic N) is 6. The molecule has 0 radical (unpaired) electrons. The molecular formula is C20H25N10O5S3+. The van der Waals surface area contributed by atoms with Gasteiger partial charge in [0.1, 0.15) is 28.7 Å². The third-order valence-corrected chi connectivity index (χ3v) is 8.47. The van der Waals surface area contributed by atoms with Crippen LogP contribution in [-0.2, 0) is 25.8 Å². The van der Waals surface area contributed by atoms with Crippen LogP contribution >= 0.6 is 35.1 Å². The van der Waals surface area contributed by atoms with Gasteiger partial charge in [0.05, 0.1) is 6.54 Å². The largest absolute Gasteiger partial charge is 0.477 e. The van der Waals surface area contributed by atoms with Crippen molar-refractivity contribution in [1.29, 1.82) is 0 Å². The zero-order chi connectivity index (χ0) is 27.6. The van der Waals surface area contributed by atoms with Crippen molar-refractivity contribution in [1.82, 2.24) is 24.6 Å². The third kappa shape index (κ3) is 5.32. The van der Waals surface area contributed by atoms with Gasteiger partial charge in [-0.05, 0) is 19.4 Å². The van der Waals surface area contributed by atoms with Gasteiger partial charge in [0.15, 0.2) is 5.13 Å². The number of carboxylic acids is 1. The lowest BCUT2D eigenvalue weighted by molar-refractivity contribution is -0.717. The average molecular weight is 582 g/mol. The molecule has 0 aliphatic carbocycles. The minimum Gasteiger partial charge on any atom is -0.477 e. The Morgan fingerprint density at radius 1 is 1.34 bits per heavy atom. The number of oxime groups is 1. The highest BCUT2D eigenvalue weighted by atomic mass is 32.2. The van der Waals surface area contributed by atoms with Crippen molar-refractivity contribution >= 4 is 75.4 Å². The van der Waals surface area contributed by atoms with E-state index in [0.29, 0.717) is 17.9 Å². The van der Waals surface area contributed by atoms with E-state index in [4.69, 9.17) is 22.0 Å². The SMILES string of the molecule is CCO/N=C(\C(=O)N[C@@H]1C(=O)N2C(C(=O)O)=C(CSc3cc(N)nc(N)[n+]3CC)CS[C@H]12)c1nsc(N)n1. The van der Waals surface area contributed by atoms with E-state index in [1.54, 1.807) is 17.6 Å². The van der Waals surface area contributed by atoms with Crippen molar-refractivity contribution in [2.45, 2.75) is 36.8 Å². The predicted octanol–water partition coefficient (Wildman–Crippen LogP) is -0.741. The van der Waals surface area contributed by atoms with Gasteiger partial charge in [0, 0.05) is 29.1 Å². The molecule has 4 heterocycles. The first kappa shape index (κ1) is 27.4. The molecule has 2 aromatic heterocycles. The molecule has 0 aromatic carbocycles. The first-order valence-electron chi connectivity index (χ1n) is 11.2. The van der Waals surface area contributed by atoms with Crippen molar-refractivity contribution in [3.8, 4) is 0 Å². The van der Waals surface area contributed by atoms with Gasteiger partial charge in [-0.25, -0.2) is 9.36 Å². The number of hydrogen-bond donors (Lipinski definition) is 5. The van der Waals surface area contributed by atoms with Crippen molar-refractivity contribution in [2.24, 2.45) is 5.16 Å². The van der Waals surface area contributed by atoms with Crippen molar-refractivity contribution in [3.05, 3.63) is 23.2 Å². The van der Waals surface area contributed by atoms with Crippen LogP contribution in [0.2, 0.25) is 0 Å². The smallest absolute Gasteiger partial charge is 0.392 e. The van der Waals surface area contributed by atoms with Crippen LogP contribution in [0.15, 0.2) is 27.5 Å². The number of aliphatic carboxylic acids is 1. The number of anilines is 3. The van der Waals surface area contributed by atoms with Gasteiger partial charge in [-0.3, -0.25) is 20.2 Å². The zero-order valence-electron chi connectivity index (χ0n) is 20.3. The Kier molecular flexibility index (Phi) is 8.22. The Balaban J connectivity index is 1.52. The number of fused-ring (bicyclic) bond motifs is 1. The zero-order valence-corrected chi connectivity index (χ0v) is 22.7. The summed E-state index contributed by atoms with van der Waals surface area (Å²) in [7, 11) is 0. The molecule has 1 fully saturated rings. The molecule has 8 N–H and O–H groups in total. The fraction of sp³-hybridized carbons (Fsp3) is 0.400. The number of carboxylic acid groups (broad SMARTS) is 1. The summed E-state index contributed by atoms with van der Waals surface area (Å²) in [5, 5.41) is 16.6. The summed E-state index contributed by atoms with van der Waals surface area (Å²) in [6.45, 7) is 4.32. The minimum absolute atomic E-state index is 0.0366. The molecule has 18 heteroatoms. The van der Waals surface area contributed by atoms with Crippen LogP contribution in [-0.4, -0.2) is 77.4 Å².